The van der Waals surface area contributed by atoms with Gasteiger partial charge < -0.3 is 14.6 Å². The Hall–Kier alpha value is -4.20. The van der Waals surface area contributed by atoms with Crippen molar-refractivity contribution in [2.75, 3.05) is 7.11 Å². The van der Waals surface area contributed by atoms with Gasteiger partial charge in [0, 0.05) is 0 Å². The summed E-state index contributed by atoms with van der Waals surface area (Å²) in [5, 5.41) is 22.3. The van der Waals surface area contributed by atoms with Crippen LogP contribution in [-0.2, 0) is 13.2 Å². The van der Waals surface area contributed by atoms with E-state index in [9.17, 15) is 9.90 Å². The SMILES string of the molecule is COc1ccc(Cn2nnc(-c3cccc(C(=O)O)c3OCc3ccccc3)n2)cc1. The van der Waals surface area contributed by atoms with E-state index in [0.29, 0.717) is 17.9 Å². The second-order valence-corrected chi connectivity index (χ2v) is 6.75. The number of para-hydroxylation sites is 1. The smallest absolute Gasteiger partial charge is 0.339 e. The van der Waals surface area contributed by atoms with Crippen molar-refractivity contribution in [3.63, 3.8) is 0 Å². The fourth-order valence-corrected chi connectivity index (χ4v) is 3.08. The van der Waals surface area contributed by atoms with Crippen molar-refractivity contribution in [2.45, 2.75) is 13.2 Å². The van der Waals surface area contributed by atoms with E-state index in [1.54, 1.807) is 19.2 Å². The van der Waals surface area contributed by atoms with E-state index < -0.39 is 5.97 Å². The van der Waals surface area contributed by atoms with Gasteiger partial charge in [-0.15, -0.1) is 10.2 Å². The molecule has 1 N–H and O–H groups in total. The predicted octanol–water partition coefficient (Wildman–Crippen LogP) is 3.67. The van der Waals surface area contributed by atoms with Crippen LogP contribution in [0.1, 0.15) is 21.5 Å². The maximum atomic E-state index is 11.8. The molecule has 0 aliphatic carbocycles. The third-order valence-electron chi connectivity index (χ3n) is 4.65. The maximum Gasteiger partial charge on any atom is 0.339 e. The lowest BCUT2D eigenvalue weighted by atomic mass is 10.1. The highest BCUT2D eigenvalue weighted by molar-refractivity contribution is 5.93. The lowest BCUT2D eigenvalue weighted by Gasteiger charge is -2.12. The van der Waals surface area contributed by atoms with Gasteiger partial charge in [-0.25, -0.2) is 4.79 Å². The molecule has 3 aromatic carbocycles. The molecule has 0 radical (unpaired) electrons. The lowest BCUT2D eigenvalue weighted by Crippen LogP contribution is -2.06. The number of tetrazole rings is 1. The Kier molecular flexibility index (Phi) is 5.89. The molecule has 8 nitrogen and oxygen atoms in total. The van der Waals surface area contributed by atoms with Crippen LogP contribution in [0.25, 0.3) is 11.4 Å². The molecule has 8 heteroatoms. The Balaban J connectivity index is 1.61. The first-order valence-electron chi connectivity index (χ1n) is 9.58. The number of rotatable bonds is 8. The minimum atomic E-state index is -1.09. The van der Waals surface area contributed by atoms with Crippen molar-refractivity contribution in [2.24, 2.45) is 0 Å². The van der Waals surface area contributed by atoms with Gasteiger partial charge in [-0.3, -0.25) is 0 Å². The molecule has 0 amide bonds. The first-order chi connectivity index (χ1) is 15.1. The van der Waals surface area contributed by atoms with Crippen molar-refractivity contribution in [1.82, 2.24) is 20.2 Å². The summed E-state index contributed by atoms with van der Waals surface area (Å²) in [6.45, 7) is 0.633. The van der Waals surface area contributed by atoms with Crippen LogP contribution in [-0.4, -0.2) is 38.4 Å². The lowest BCUT2D eigenvalue weighted by molar-refractivity contribution is 0.0692. The molecule has 0 saturated heterocycles. The monoisotopic (exact) mass is 416 g/mol. The number of aromatic carboxylic acids is 1. The van der Waals surface area contributed by atoms with Crippen LogP contribution in [0.15, 0.2) is 72.8 Å². The van der Waals surface area contributed by atoms with Crippen LogP contribution in [0.5, 0.6) is 11.5 Å². The summed E-state index contributed by atoms with van der Waals surface area (Å²) in [5.74, 6) is 0.180. The molecule has 1 aromatic heterocycles. The Labute approximate surface area is 178 Å². The number of carbonyl (C=O) groups is 1. The van der Waals surface area contributed by atoms with E-state index in [0.717, 1.165) is 16.9 Å². The van der Waals surface area contributed by atoms with Crippen LogP contribution in [0.4, 0.5) is 0 Å². The van der Waals surface area contributed by atoms with Crippen LogP contribution in [0, 0.1) is 0 Å². The number of benzene rings is 3. The van der Waals surface area contributed by atoms with Crippen molar-refractivity contribution < 1.29 is 19.4 Å². The third-order valence-corrected chi connectivity index (χ3v) is 4.65. The van der Waals surface area contributed by atoms with E-state index in [2.05, 4.69) is 15.4 Å². The summed E-state index contributed by atoms with van der Waals surface area (Å²) >= 11 is 0. The number of hydrogen-bond acceptors (Lipinski definition) is 6. The largest absolute Gasteiger partial charge is 0.497 e. The molecule has 0 bridgehead atoms. The summed E-state index contributed by atoms with van der Waals surface area (Å²) in [5.41, 5.74) is 2.41. The average molecular weight is 416 g/mol. The number of ether oxygens (including phenoxy) is 2. The second-order valence-electron chi connectivity index (χ2n) is 6.75. The summed E-state index contributed by atoms with van der Waals surface area (Å²) in [6.07, 6.45) is 0. The number of carboxylic acids is 1. The van der Waals surface area contributed by atoms with Gasteiger partial charge in [-0.05, 0) is 40.6 Å². The minimum absolute atomic E-state index is 0.0416. The zero-order valence-corrected chi connectivity index (χ0v) is 16.8. The van der Waals surface area contributed by atoms with E-state index in [-0.39, 0.29) is 17.9 Å². The molecule has 0 unspecified atom stereocenters. The number of hydrogen-bond donors (Lipinski definition) is 1. The van der Waals surface area contributed by atoms with Gasteiger partial charge in [0.1, 0.15) is 23.7 Å². The Bertz CT molecular complexity index is 1170. The molecule has 1 heterocycles. The average Bonchev–Trinajstić information content (AvgIpc) is 3.27. The standard InChI is InChI=1S/C23H20N4O4/c1-30-18-12-10-16(11-13-18)14-27-25-22(24-26-27)19-8-5-9-20(23(28)29)21(19)31-15-17-6-3-2-4-7-17/h2-13H,14-15H2,1H3,(H,28,29). The summed E-state index contributed by atoms with van der Waals surface area (Å²) in [7, 11) is 1.61. The first kappa shape index (κ1) is 20.1. The Morgan fingerprint density at radius 2 is 1.74 bits per heavy atom. The highest BCUT2D eigenvalue weighted by Gasteiger charge is 2.20. The van der Waals surface area contributed by atoms with Gasteiger partial charge in [-0.2, -0.15) is 4.80 Å². The van der Waals surface area contributed by atoms with Crippen LogP contribution >= 0.6 is 0 Å². The quantitative estimate of drug-likeness (QED) is 0.468. The molecule has 156 valence electrons. The maximum absolute atomic E-state index is 11.8. The van der Waals surface area contributed by atoms with Gasteiger partial charge in [-0.1, -0.05) is 48.5 Å². The Morgan fingerprint density at radius 3 is 2.45 bits per heavy atom. The minimum Gasteiger partial charge on any atom is -0.497 e. The molecular weight excluding hydrogens is 396 g/mol. The molecular formula is C23H20N4O4. The molecule has 4 aromatic rings. The second kappa shape index (κ2) is 9.08. The van der Waals surface area contributed by atoms with Crippen LogP contribution in [0.3, 0.4) is 0 Å². The van der Waals surface area contributed by atoms with Crippen molar-refractivity contribution in [3.8, 4) is 22.9 Å². The predicted molar refractivity (Wildman–Crippen MR) is 113 cm³/mol. The van der Waals surface area contributed by atoms with Crippen molar-refractivity contribution >= 4 is 5.97 Å². The molecule has 4 rings (SSSR count). The van der Waals surface area contributed by atoms with Crippen molar-refractivity contribution in [3.05, 3.63) is 89.5 Å². The van der Waals surface area contributed by atoms with Gasteiger partial charge in [0.2, 0.25) is 5.82 Å². The Morgan fingerprint density at radius 1 is 0.968 bits per heavy atom. The van der Waals surface area contributed by atoms with E-state index in [1.165, 1.54) is 10.9 Å². The molecule has 0 saturated carbocycles. The molecule has 0 fully saturated rings. The molecule has 31 heavy (non-hydrogen) atoms. The van der Waals surface area contributed by atoms with Gasteiger partial charge in [0.15, 0.2) is 0 Å². The molecule has 0 spiro atoms. The molecule has 0 aliphatic rings. The number of carboxylic acid groups (broad SMARTS) is 1. The highest BCUT2D eigenvalue weighted by atomic mass is 16.5. The van der Waals surface area contributed by atoms with Gasteiger partial charge in [0.05, 0.1) is 19.2 Å². The van der Waals surface area contributed by atoms with E-state index in [4.69, 9.17) is 9.47 Å². The summed E-state index contributed by atoms with van der Waals surface area (Å²) < 4.78 is 11.1. The van der Waals surface area contributed by atoms with Crippen molar-refractivity contribution in [1.29, 1.82) is 0 Å². The van der Waals surface area contributed by atoms with Crippen LogP contribution < -0.4 is 9.47 Å². The highest BCUT2D eigenvalue weighted by Crippen LogP contribution is 2.32. The fraction of sp³-hybridized carbons (Fsp3) is 0.130. The van der Waals surface area contributed by atoms with Gasteiger partial charge >= 0.3 is 5.97 Å². The zero-order chi connectivity index (χ0) is 21.6. The zero-order valence-electron chi connectivity index (χ0n) is 16.8. The normalized spacial score (nSPS) is 10.6. The first-order valence-corrected chi connectivity index (χ1v) is 9.58. The number of methoxy groups -OCH3 is 1. The third kappa shape index (κ3) is 4.69. The van der Waals surface area contributed by atoms with Gasteiger partial charge in [0.25, 0.3) is 0 Å². The number of nitrogens with zero attached hydrogens (tertiary/aromatic N) is 4. The summed E-state index contributed by atoms with van der Waals surface area (Å²) in [4.78, 5) is 13.2. The van der Waals surface area contributed by atoms with Crippen LogP contribution in [0.2, 0.25) is 0 Å². The molecule has 0 atom stereocenters. The fourth-order valence-electron chi connectivity index (χ4n) is 3.08. The number of aromatic nitrogens is 4. The van der Waals surface area contributed by atoms with E-state index >= 15 is 0 Å². The summed E-state index contributed by atoms with van der Waals surface area (Å²) in [6, 6.07) is 21.9. The molecule has 0 aliphatic heterocycles. The van der Waals surface area contributed by atoms with E-state index in [1.807, 2.05) is 54.6 Å². The topological polar surface area (TPSA) is 99.4 Å².